The first-order valence-corrected chi connectivity index (χ1v) is 27.6. The lowest BCUT2D eigenvalue weighted by Gasteiger charge is -2.40. The first kappa shape index (κ1) is 61.9. The van der Waals surface area contributed by atoms with Gasteiger partial charge in [-0.3, -0.25) is 4.79 Å². The SMILES string of the molecule is CCCCCCCCCCCCCC/C=C\CCCCCCCCCCC(O)C(=O)NC(COC1OC(CO)C(O)C(O)C1O)C(O)C(O)CCCCCCCCCCCCCCCC. The van der Waals surface area contributed by atoms with Gasteiger partial charge in [0.1, 0.15) is 36.6 Å². The quantitative estimate of drug-likeness (QED) is 0.0215. The van der Waals surface area contributed by atoms with Gasteiger partial charge in [-0.15, -0.1) is 0 Å². The highest BCUT2D eigenvalue weighted by Crippen LogP contribution is 2.23. The number of aliphatic hydroxyl groups is 7. The first-order chi connectivity index (χ1) is 31.7. The van der Waals surface area contributed by atoms with Crippen molar-refractivity contribution in [1.29, 1.82) is 0 Å². The molecule has 9 atom stereocenters. The zero-order valence-corrected chi connectivity index (χ0v) is 42.0. The second-order valence-electron chi connectivity index (χ2n) is 19.7. The molecule has 0 radical (unpaired) electrons. The molecule has 1 heterocycles. The maximum atomic E-state index is 13.1. The Balaban J connectivity index is 2.31. The van der Waals surface area contributed by atoms with Gasteiger partial charge in [-0.1, -0.05) is 231 Å². The molecular formula is C54H105NO10. The third kappa shape index (κ3) is 33.1. The zero-order valence-electron chi connectivity index (χ0n) is 42.0. The lowest BCUT2D eigenvalue weighted by molar-refractivity contribution is -0.303. The molecule has 1 aliphatic heterocycles. The van der Waals surface area contributed by atoms with Gasteiger partial charge in [0.15, 0.2) is 6.29 Å². The molecule has 1 rings (SSSR count). The van der Waals surface area contributed by atoms with Crippen molar-refractivity contribution in [2.75, 3.05) is 13.2 Å². The van der Waals surface area contributed by atoms with Crippen LogP contribution in [0.2, 0.25) is 0 Å². The van der Waals surface area contributed by atoms with E-state index in [2.05, 4.69) is 31.3 Å². The minimum atomic E-state index is -1.66. The number of rotatable bonds is 47. The fraction of sp³-hybridized carbons (Fsp3) is 0.944. The third-order valence-electron chi connectivity index (χ3n) is 13.6. The van der Waals surface area contributed by atoms with Crippen molar-refractivity contribution < 1.29 is 50.0 Å². The molecule has 0 aliphatic carbocycles. The number of hydrogen-bond donors (Lipinski definition) is 8. The average molecular weight is 928 g/mol. The number of carbonyl (C=O) groups excluding carboxylic acids is 1. The Bertz CT molecular complexity index is 1060. The maximum Gasteiger partial charge on any atom is 0.249 e. The van der Waals surface area contributed by atoms with E-state index >= 15 is 0 Å². The monoisotopic (exact) mass is 928 g/mol. The lowest BCUT2D eigenvalue weighted by atomic mass is 9.98. The molecule has 11 heteroatoms. The van der Waals surface area contributed by atoms with Crippen molar-refractivity contribution in [2.24, 2.45) is 0 Å². The van der Waals surface area contributed by atoms with E-state index in [1.54, 1.807) is 0 Å². The van der Waals surface area contributed by atoms with Crippen molar-refractivity contribution in [3.63, 3.8) is 0 Å². The van der Waals surface area contributed by atoms with Crippen LogP contribution in [0.15, 0.2) is 12.2 Å². The number of unbranched alkanes of at least 4 members (excludes halogenated alkanes) is 33. The van der Waals surface area contributed by atoms with Crippen LogP contribution in [-0.2, 0) is 14.3 Å². The Labute approximate surface area is 398 Å². The van der Waals surface area contributed by atoms with Crippen molar-refractivity contribution in [1.82, 2.24) is 5.32 Å². The third-order valence-corrected chi connectivity index (χ3v) is 13.6. The molecule has 0 spiro atoms. The minimum absolute atomic E-state index is 0.259. The number of ether oxygens (including phenoxy) is 2. The largest absolute Gasteiger partial charge is 0.394 e. The topological polar surface area (TPSA) is 189 Å². The summed E-state index contributed by atoms with van der Waals surface area (Å²) in [7, 11) is 0. The summed E-state index contributed by atoms with van der Waals surface area (Å²) in [4.78, 5) is 13.1. The second-order valence-corrected chi connectivity index (χ2v) is 19.7. The predicted octanol–water partition coefficient (Wildman–Crippen LogP) is 10.8. The van der Waals surface area contributed by atoms with Crippen molar-refractivity contribution >= 4 is 5.91 Å². The fourth-order valence-corrected chi connectivity index (χ4v) is 9.03. The standard InChI is InChI=1S/C54H105NO10/c1-3-5-7-9-11-13-15-17-19-20-21-22-23-24-25-26-27-28-30-32-34-36-38-40-42-47(58)53(63)55-45(44-64-54-52(62)51(61)50(60)48(43-56)65-54)49(59)46(57)41-39-37-35-33-31-29-18-16-14-12-10-8-6-4-2/h24-25,45-52,54,56-62H,3-23,26-44H2,1-2H3,(H,55,63)/b25-24-. The van der Waals surface area contributed by atoms with Crippen LogP contribution in [0.4, 0.5) is 0 Å². The van der Waals surface area contributed by atoms with Crippen molar-refractivity contribution in [3.05, 3.63) is 12.2 Å². The number of aliphatic hydroxyl groups excluding tert-OH is 7. The second kappa shape index (κ2) is 44.1. The summed E-state index contributed by atoms with van der Waals surface area (Å²) in [6, 6.07) is -1.17. The van der Waals surface area contributed by atoms with Crippen LogP contribution in [0.3, 0.4) is 0 Å². The van der Waals surface area contributed by atoms with Gasteiger partial charge in [-0.25, -0.2) is 0 Å². The Kier molecular flexibility index (Phi) is 42.0. The lowest BCUT2D eigenvalue weighted by Crippen LogP contribution is -2.60. The summed E-state index contributed by atoms with van der Waals surface area (Å²) < 4.78 is 11.1. The molecule has 0 aromatic carbocycles. The summed E-state index contributed by atoms with van der Waals surface area (Å²) in [6.45, 7) is 3.47. The van der Waals surface area contributed by atoms with Crippen molar-refractivity contribution in [3.8, 4) is 0 Å². The number of amides is 1. The Morgan fingerprint density at radius 2 is 0.892 bits per heavy atom. The number of allylic oxidation sites excluding steroid dienone is 2. The molecule has 1 amide bonds. The predicted molar refractivity (Wildman–Crippen MR) is 266 cm³/mol. The molecule has 1 aliphatic rings. The summed E-state index contributed by atoms with van der Waals surface area (Å²) in [5, 5.41) is 76.0. The van der Waals surface area contributed by atoms with Crippen LogP contribution in [0.1, 0.15) is 258 Å². The van der Waals surface area contributed by atoms with Crippen LogP contribution < -0.4 is 5.32 Å². The molecule has 386 valence electrons. The highest BCUT2D eigenvalue weighted by molar-refractivity contribution is 5.80. The van der Waals surface area contributed by atoms with Gasteiger partial charge in [-0.2, -0.15) is 0 Å². The molecule has 8 N–H and O–H groups in total. The molecule has 0 bridgehead atoms. The normalized spacial score (nSPS) is 20.9. The van der Waals surface area contributed by atoms with Crippen LogP contribution in [0.25, 0.3) is 0 Å². The fourth-order valence-electron chi connectivity index (χ4n) is 9.03. The average Bonchev–Trinajstić information content (AvgIpc) is 3.31. The highest BCUT2D eigenvalue weighted by atomic mass is 16.7. The Morgan fingerprint density at radius 3 is 1.29 bits per heavy atom. The van der Waals surface area contributed by atoms with Crippen LogP contribution in [-0.4, -0.2) is 110 Å². The van der Waals surface area contributed by atoms with E-state index < -0.39 is 74.2 Å². The van der Waals surface area contributed by atoms with Gasteiger partial charge in [0, 0.05) is 0 Å². The van der Waals surface area contributed by atoms with Crippen LogP contribution in [0, 0.1) is 0 Å². The highest BCUT2D eigenvalue weighted by Gasteiger charge is 2.44. The van der Waals surface area contributed by atoms with E-state index in [0.717, 1.165) is 44.9 Å². The van der Waals surface area contributed by atoms with Crippen LogP contribution >= 0.6 is 0 Å². The van der Waals surface area contributed by atoms with E-state index in [1.807, 2.05) is 0 Å². The van der Waals surface area contributed by atoms with E-state index in [-0.39, 0.29) is 6.42 Å². The summed E-state index contributed by atoms with van der Waals surface area (Å²) in [5.74, 6) is -0.696. The molecular weight excluding hydrogens is 823 g/mol. The van der Waals surface area contributed by atoms with Gasteiger partial charge in [0.05, 0.1) is 25.4 Å². The van der Waals surface area contributed by atoms with E-state index in [9.17, 15) is 40.5 Å². The van der Waals surface area contributed by atoms with Gasteiger partial charge in [-0.05, 0) is 38.5 Å². The summed E-state index contributed by atoms with van der Waals surface area (Å²) in [5.41, 5.74) is 0. The number of carbonyl (C=O) groups is 1. The zero-order chi connectivity index (χ0) is 47.6. The molecule has 65 heavy (non-hydrogen) atoms. The van der Waals surface area contributed by atoms with Gasteiger partial charge in [0.25, 0.3) is 0 Å². The van der Waals surface area contributed by atoms with E-state index in [0.29, 0.717) is 19.3 Å². The number of hydrogen-bond acceptors (Lipinski definition) is 10. The molecule has 1 fully saturated rings. The molecule has 0 aromatic heterocycles. The smallest absolute Gasteiger partial charge is 0.249 e. The molecule has 1 saturated heterocycles. The van der Waals surface area contributed by atoms with E-state index in [4.69, 9.17) is 9.47 Å². The van der Waals surface area contributed by atoms with Crippen LogP contribution in [0.5, 0.6) is 0 Å². The Morgan fingerprint density at radius 1 is 0.523 bits per heavy atom. The van der Waals surface area contributed by atoms with Crippen molar-refractivity contribution in [2.45, 2.75) is 313 Å². The molecule has 0 aromatic rings. The van der Waals surface area contributed by atoms with Gasteiger partial charge in [0.2, 0.25) is 5.91 Å². The summed E-state index contributed by atoms with van der Waals surface area (Å²) in [6.07, 6.45) is 38.3. The van der Waals surface area contributed by atoms with Gasteiger partial charge < -0.3 is 50.5 Å². The number of nitrogens with one attached hydrogen (secondary N) is 1. The molecule has 0 saturated carbocycles. The molecule has 11 nitrogen and oxygen atoms in total. The van der Waals surface area contributed by atoms with E-state index in [1.165, 1.54) is 173 Å². The minimum Gasteiger partial charge on any atom is -0.394 e. The Hall–Kier alpha value is -1.15. The summed E-state index contributed by atoms with van der Waals surface area (Å²) >= 11 is 0. The maximum absolute atomic E-state index is 13.1. The first-order valence-electron chi connectivity index (χ1n) is 27.6. The molecule has 9 unspecified atom stereocenters. The van der Waals surface area contributed by atoms with Gasteiger partial charge >= 0.3 is 0 Å².